The monoisotopic (exact) mass is 267 g/mol. The van der Waals surface area contributed by atoms with Crippen LogP contribution >= 0.6 is 0 Å². The topological polar surface area (TPSA) is 88.2 Å². The molecule has 1 saturated carbocycles. The van der Waals surface area contributed by atoms with Gasteiger partial charge in [0, 0.05) is 11.5 Å². The van der Waals surface area contributed by atoms with Crippen LogP contribution in [0.3, 0.4) is 0 Å². The molecule has 106 valence electrons. The van der Waals surface area contributed by atoms with Gasteiger partial charge in [-0.15, -0.1) is 0 Å². The molecule has 1 aliphatic rings. The molecule has 0 bridgehead atoms. The number of aliphatic carboxylic acids is 1. The Kier molecular flexibility index (Phi) is 3.78. The van der Waals surface area contributed by atoms with E-state index in [0.717, 1.165) is 12.8 Å². The van der Waals surface area contributed by atoms with Gasteiger partial charge in [0.2, 0.25) is 5.89 Å². The number of hydrogen-bond donors (Lipinski definition) is 2. The van der Waals surface area contributed by atoms with Crippen LogP contribution in [0.2, 0.25) is 0 Å². The zero-order valence-corrected chi connectivity index (χ0v) is 11.6. The number of hydrogen-bond acceptors (Lipinski definition) is 5. The van der Waals surface area contributed by atoms with Gasteiger partial charge in [-0.3, -0.25) is 4.79 Å². The summed E-state index contributed by atoms with van der Waals surface area (Å²) in [6.07, 6.45) is 3.07. The van der Waals surface area contributed by atoms with E-state index in [4.69, 9.17) is 9.63 Å². The van der Waals surface area contributed by atoms with E-state index in [-0.39, 0.29) is 17.4 Å². The Morgan fingerprint density at radius 2 is 1.95 bits per heavy atom. The van der Waals surface area contributed by atoms with Gasteiger partial charge in [-0.2, -0.15) is 4.98 Å². The van der Waals surface area contributed by atoms with Crippen molar-refractivity contribution in [3.05, 3.63) is 5.89 Å². The van der Waals surface area contributed by atoms with E-state index in [0.29, 0.717) is 24.7 Å². The van der Waals surface area contributed by atoms with Gasteiger partial charge >= 0.3 is 5.97 Å². The minimum Gasteiger partial charge on any atom is -0.481 e. The summed E-state index contributed by atoms with van der Waals surface area (Å²) in [5, 5.41) is 16.1. The predicted octanol–water partition coefficient (Wildman–Crippen LogP) is 2.42. The lowest BCUT2D eigenvalue weighted by atomic mass is 9.86. The highest BCUT2D eigenvalue weighted by Gasteiger charge is 2.27. The van der Waals surface area contributed by atoms with Crippen molar-refractivity contribution in [1.29, 1.82) is 0 Å². The van der Waals surface area contributed by atoms with E-state index in [1.807, 2.05) is 20.8 Å². The number of anilines is 1. The highest BCUT2D eigenvalue weighted by molar-refractivity contribution is 5.70. The van der Waals surface area contributed by atoms with Crippen molar-refractivity contribution in [3.8, 4) is 0 Å². The summed E-state index contributed by atoms with van der Waals surface area (Å²) in [6.45, 7) is 6.05. The number of aromatic nitrogens is 2. The quantitative estimate of drug-likeness (QED) is 0.874. The molecular weight excluding hydrogens is 246 g/mol. The Labute approximate surface area is 112 Å². The Morgan fingerprint density at radius 1 is 1.32 bits per heavy atom. The standard InChI is InChI=1S/C13H21N3O3/c1-13(2,3)11-15-12(16-19-11)14-9-6-4-8(5-7-9)10(17)18/h8-9H,4-7H2,1-3H3,(H,14,16)(H,17,18). The second kappa shape index (κ2) is 5.19. The largest absolute Gasteiger partial charge is 0.481 e. The third kappa shape index (κ3) is 3.45. The van der Waals surface area contributed by atoms with Crippen LogP contribution in [0.25, 0.3) is 0 Å². The molecule has 19 heavy (non-hydrogen) atoms. The van der Waals surface area contributed by atoms with Crippen LogP contribution in [-0.4, -0.2) is 27.3 Å². The van der Waals surface area contributed by atoms with Gasteiger partial charge in [0.25, 0.3) is 5.95 Å². The Morgan fingerprint density at radius 3 is 2.42 bits per heavy atom. The van der Waals surface area contributed by atoms with Crippen LogP contribution in [-0.2, 0) is 10.2 Å². The Balaban J connectivity index is 1.89. The van der Waals surface area contributed by atoms with Gasteiger partial charge in [0.1, 0.15) is 0 Å². The number of nitrogens with one attached hydrogen (secondary N) is 1. The first-order valence-corrected chi connectivity index (χ1v) is 6.70. The molecule has 0 aliphatic heterocycles. The molecule has 2 rings (SSSR count). The maximum absolute atomic E-state index is 10.9. The van der Waals surface area contributed by atoms with Crippen LogP contribution in [0.1, 0.15) is 52.3 Å². The molecule has 1 fully saturated rings. The van der Waals surface area contributed by atoms with Gasteiger partial charge in [-0.1, -0.05) is 20.8 Å². The van der Waals surface area contributed by atoms with Crippen molar-refractivity contribution in [1.82, 2.24) is 10.1 Å². The normalized spacial score (nSPS) is 24.2. The first-order valence-electron chi connectivity index (χ1n) is 6.70. The fourth-order valence-corrected chi connectivity index (χ4v) is 2.25. The number of rotatable bonds is 3. The molecule has 0 spiro atoms. The molecule has 2 N–H and O–H groups in total. The van der Waals surface area contributed by atoms with Crippen LogP contribution < -0.4 is 5.32 Å². The van der Waals surface area contributed by atoms with Crippen LogP contribution in [0.4, 0.5) is 5.95 Å². The average Bonchev–Trinajstić information content (AvgIpc) is 2.78. The van der Waals surface area contributed by atoms with E-state index in [1.54, 1.807) is 0 Å². The highest BCUT2D eigenvalue weighted by Crippen LogP contribution is 2.27. The molecule has 6 nitrogen and oxygen atoms in total. The minimum atomic E-state index is -0.687. The molecule has 1 aliphatic carbocycles. The molecule has 0 saturated heterocycles. The fourth-order valence-electron chi connectivity index (χ4n) is 2.25. The lowest BCUT2D eigenvalue weighted by Gasteiger charge is -2.26. The summed E-state index contributed by atoms with van der Waals surface area (Å²) in [5.74, 6) is 0.222. The lowest BCUT2D eigenvalue weighted by Crippen LogP contribution is -2.29. The zero-order valence-electron chi connectivity index (χ0n) is 11.6. The number of carboxylic acid groups (broad SMARTS) is 1. The Hall–Kier alpha value is -1.59. The van der Waals surface area contributed by atoms with Crippen molar-refractivity contribution in [3.63, 3.8) is 0 Å². The first kappa shape index (κ1) is 13.8. The van der Waals surface area contributed by atoms with E-state index >= 15 is 0 Å². The predicted molar refractivity (Wildman–Crippen MR) is 70.0 cm³/mol. The average molecular weight is 267 g/mol. The van der Waals surface area contributed by atoms with Crippen molar-refractivity contribution in [2.45, 2.75) is 57.9 Å². The summed E-state index contributed by atoms with van der Waals surface area (Å²) in [7, 11) is 0. The molecule has 0 amide bonds. The summed E-state index contributed by atoms with van der Waals surface area (Å²) in [4.78, 5) is 15.2. The summed E-state index contributed by atoms with van der Waals surface area (Å²) in [6, 6.07) is 0.237. The SMILES string of the molecule is CC(C)(C)c1nc(NC2CCC(C(=O)O)CC2)no1. The van der Waals surface area contributed by atoms with Crippen molar-refractivity contribution >= 4 is 11.9 Å². The van der Waals surface area contributed by atoms with Gasteiger partial charge < -0.3 is 14.9 Å². The molecule has 0 radical (unpaired) electrons. The molecule has 0 atom stereocenters. The molecule has 1 aromatic rings. The third-order valence-corrected chi connectivity index (χ3v) is 3.48. The van der Waals surface area contributed by atoms with Gasteiger partial charge in [-0.05, 0) is 30.8 Å². The molecule has 1 heterocycles. The summed E-state index contributed by atoms with van der Waals surface area (Å²) >= 11 is 0. The van der Waals surface area contributed by atoms with Crippen molar-refractivity contribution in [2.75, 3.05) is 5.32 Å². The second-order valence-corrected chi connectivity index (χ2v) is 6.20. The van der Waals surface area contributed by atoms with E-state index in [1.165, 1.54) is 0 Å². The summed E-state index contributed by atoms with van der Waals surface area (Å²) in [5.41, 5.74) is -0.159. The minimum absolute atomic E-state index is 0.159. The lowest BCUT2D eigenvalue weighted by molar-refractivity contribution is -0.142. The molecule has 6 heteroatoms. The van der Waals surface area contributed by atoms with Gasteiger partial charge in [0.05, 0.1) is 5.92 Å². The van der Waals surface area contributed by atoms with Crippen molar-refractivity contribution < 1.29 is 14.4 Å². The van der Waals surface area contributed by atoms with E-state index < -0.39 is 5.97 Å². The zero-order chi connectivity index (χ0) is 14.0. The third-order valence-electron chi connectivity index (χ3n) is 3.48. The molecule has 1 aromatic heterocycles. The van der Waals surface area contributed by atoms with Gasteiger partial charge in [0.15, 0.2) is 0 Å². The number of carboxylic acids is 1. The summed E-state index contributed by atoms with van der Waals surface area (Å²) < 4.78 is 5.21. The maximum atomic E-state index is 10.9. The molecular formula is C13H21N3O3. The number of nitrogens with zero attached hydrogens (tertiary/aromatic N) is 2. The first-order chi connectivity index (χ1) is 8.86. The van der Waals surface area contributed by atoms with E-state index in [2.05, 4.69) is 15.5 Å². The maximum Gasteiger partial charge on any atom is 0.306 e. The van der Waals surface area contributed by atoms with Crippen LogP contribution in [0, 0.1) is 5.92 Å². The number of carbonyl (C=O) groups is 1. The van der Waals surface area contributed by atoms with Gasteiger partial charge in [-0.25, -0.2) is 0 Å². The smallest absolute Gasteiger partial charge is 0.306 e. The van der Waals surface area contributed by atoms with Crippen LogP contribution in [0.5, 0.6) is 0 Å². The Bertz CT molecular complexity index is 442. The fraction of sp³-hybridized carbons (Fsp3) is 0.769. The van der Waals surface area contributed by atoms with Crippen molar-refractivity contribution in [2.24, 2.45) is 5.92 Å². The van der Waals surface area contributed by atoms with E-state index in [9.17, 15) is 4.79 Å². The second-order valence-electron chi connectivity index (χ2n) is 6.20. The highest BCUT2D eigenvalue weighted by atomic mass is 16.5. The molecule has 0 aromatic carbocycles. The molecule has 0 unspecified atom stereocenters. The van der Waals surface area contributed by atoms with Crippen LogP contribution in [0.15, 0.2) is 4.52 Å².